The summed E-state index contributed by atoms with van der Waals surface area (Å²) in [6, 6.07) is 3.75. The topological polar surface area (TPSA) is 52.3 Å². The average molecular weight is 247 g/mol. The molecular formula is C11H12F3NO2. The summed E-state index contributed by atoms with van der Waals surface area (Å²) in [5.74, 6) is -0.651. The maximum atomic E-state index is 12.4. The van der Waals surface area contributed by atoms with Crippen LogP contribution in [0.4, 0.5) is 13.2 Å². The molecule has 0 heterocycles. The molecule has 3 nitrogen and oxygen atoms in total. The third kappa shape index (κ3) is 3.74. The van der Waals surface area contributed by atoms with E-state index in [1.54, 1.807) is 0 Å². The third-order valence-corrected chi connectivity index (χ3v) is 2.21. The highest BCUT2D eigenvalue weighted by atomic mass is 19.4. The summed E-state index contributed by atoms with van der Waals surface area (Å²) in [5, 5.41) is 0. The molecule has 0 aliphatic rings. The van der Waals surface area contributed by atoms with E-state index in [4.69, 9.17) is 5.73 Å². The number of halogens is 3. The molecule has 0 unspecified atom stereocenters. The number of nitrogens with two attached hydrogens (primary N) is 1. The van der Waals surface area contributed by atoms with Gasteiger partial charge in [0, 0.05) is 0 Å². The van der Waals surface area contributed by atoms with Gasteiger partial charge in [0.15, 0.2) is 0 Å². The number of benzene rings is 1. The van der Waals surface area contributed by atoms with Crippen LogP contribution < -0.4 is 5.73 Å². The van der Waals surface area contributed by atoms with E-state index in [-0.39, 0.29) is 6.42 Å². The Kier molecular flexibility index (Phi) is 4.11. The minimum absolute atomic E-state index is 0.0105. The molecule has 1 aromatic rings. The van der Waals surface area contributed by atoms with Crippen LogP contribution in [-0.2, 0) is 22.1 Å². The van der Waals surface area contributed by atoms with Gasteiger partial charge in [-0.3, -0.25) is 4.79 Å². The van der Waals surface area contributed by atoms with E-state index in [0.717, 1.165) is 12.1 Å². The molecule has 0 saturated carbocycles. The summed E-state index contributed by atoms with van der Waals surface area (Å²) in [6.45, 7) is 0. The smallest absolute Gasteiger partial charge is 0.416 e. The van der Waals surface area contributed by atoms with Crippen molar-refractivity contribution in [3.05, 3.63) is 35.4 Å². The van der Waals surface area contributed by atoms with E-state index in [1.165, 1.54) is 19.2 Å². The molecule has 6 heteroatoms. The Morgan fingerprint density at radius 3 is 2.65 bits per heavy atom. The predicted octanol–water partition coefficient (Wildman–Crippen LogP) is 1.75. The summed E-state index contributed by atoms with van der Waals surface area (Å²) < 4.78 is 41.6. The first-order valence-corrected chi connectivity index (χ1v) is 4.84. The molecule has 94 valence electrons. The van der Waals surface area contributed by atoms with Crippen molar-refractivity contribution in [1.82, 2.24) is 0 Å². The van der Waals surface area contributed by atoms with Gasteiger partial charge < -0.3 is 10.5 Å². The van der Waals surface area contributed by atoms with E-state index in [1.807, 2.05) is 0 Å². The highest BCUT2D eigenvalue weighted by molar-refractivity contribution is 5.75. The van der Waals surface area contributed by atoms with Crippen molar-refractivity contribution in [3.63, 3.8) is 0 Å². The quantitative estimate of drug-likeness (QED) is 0.828. The fourth-order valence-corrected chi connectivity index (χ4v) is 1.36. The zero-order valence-electron chi connectivity index (χ0n) is 9.12. The van der Waals surface area contributed by atoms with Crippen LogP contribution in [0, 0.1) is 0 Å². The lowest BCUT2D eigenvalue weighted by Crippen LogP contribution is -2.33. The lowest BCUT2D eigenvalue weighted by atomic mass is 10.0. The van der Waals surface area contributed by atoms with E-state index in [0.29, 0.717) is 5.56 Å². The number of hydrogen-bond donors (Lipinski definition) is 1. The van der Waals surface area contributed by atoms with Crippen molar-refractivity contribution in [2.24, 2.45) is 5.73 Å². The molecule has 0 saturated heterocycles. The number of alkyl halides is 3. The van der Waals surface area contributed by atoms with E-state index in [2.05, 4.69) is 4.74 Å². The molecule has 0 fully saturated rings. The van der Waals surface area contributed by atoms with Gasteiger partial charge in [-0.2, -0.15) is 13.2 Å². The predicted molar refractivity (Wildman–Crippen MR) is 55.1 cm³/mol. The molecule has 0 aliphatic heterocycles. The van der Waals surface area contributed by atoms with E-state index in [9.17, 15) is 18.0 Å². The lowest BCUT2D eigenvalue weighted by molar-refractivity contribution is -0.142. The maximum Gasteiger partial charge on any atom is 0.416 e. The first-order valence-electron chi connectivity index (χ1n) is 4.84. The summed E-state index contributed by atoms with van der Waals surface area (Å²) >= 11 is 0. The maximum absolute atomic E-state index is 12.4. The fraction of sp³-hybridized carbons (Fsp3) is 0.364. The number of carbonyl (C=O) groups is 1. The van der Waals surface area contributed by atoms with Gasteiger partial charge in [-0.25, -0.2) is 0 Å². The Morgan fingerprint density at radius 2 is 2.12 bits per heavy atom. The summed E-state index contributed by atoms with van der Waals surface area (Å²) in [4.78, 5) is 11.0. The molecule has 1 aromatic carbocycles. The monoisotopic (exact) mass is 247 g/mol. The normalized spacial score (nSPS) is 13.2. The van der Waals surface area contributed by atoms with Crippen LogP contribution >= 0.6 is 0 Å². The fourth-order valence-electron chi connectivity index (χ4n) is 1.36. The Labute approximate surface area is 96.4 Å². The standard InChI is InChI=1S/C11H12F3NO2/c1-17-10(16)9(15)6-7-3-2-4-8(5-7)11(12,13)14/h2-5,9H,6,15H2,1H3/t9-/m0/s1. The van der Waals surface area contributed by atoms with Crippen LogP contribution in [0.2, 0.25) is 0 Å². The molecule has 0 bridgehead atoms. The van der Waals surface area contributed by atoms with Gasteiger partial charge in [0.2, 0.25) is 0 Å². The number of carbonyl (C=O) groups excluding carboxylic acids is 1. The van der Waals surface area contributed by atoms with Crippen LogP contribution in [0.15, 0.2) is 24.3 Å². The first-order chi connectivity index (χ1) is 7.84. The highest BCUT2D eigenvalue weighted by Gasteiger charge is 2.30. The third-order valence-electron chi connectivity index (χ3n) is 2.21. The van der Waals surface area contributed by atoms with Crippen molar-refractivity contribution >= 4 is 5.97 Å². The summed E-state index contributed by atoms with van der Waals surface area (Å²) in [6.07, 6.45) is -4.39. The van der Waals surface area contributed by atoms with E-state index < -0.39 is 23.8 Å². The van der Waals surface area contributed by atoms with Gasteiger partial charge in [-0.05, 0) is 18.1 Å². The largest absolute Gasteiger partial charge is 0.468 e. The summed E-state index contributed by atoms with van der Waals surface area (Å²) in [7, 11) is 1.17. The molecule has 0 aliphatic carbocycles. The highest BCUT2D eigenvalue weighted by Crippen LogP contribution is 2.29. The van der Waals surface area contributed by atoms with Crippen molar-refractivity contribution in [2.45, 2.75) is 18.6 Å². The van der Waals surface area contributed by atoms with Gasteiger partial charge >= 0.3 is 12.1 Å². The second kappa shape index (κ2) is 5.18. The lowest BCUT2D eigenvalue weighted by Gasteiger charge is -2.11. The Balaban J connectivity index is 2.83. The summed E-state index contributed by atoms with van der Waals surface area (Å²) in [5.41, 5.74) is 5.05. The van der Waals surface area contributed by atoms with Crippen LogP contribution in [-0.4, -0.2) is 19.1 Å². The molecule has 0 spiro atoms. The molecule has 1 rings (SSSR count). The SMILES string of the molecule is COC(=O)[C@@H](N)Cc1cccc(C(F)(F)F)c1. The molecule has 17 heavy (non-hydrogen) atoms. The Morgan fingerprint density at radius 1 is 1.47 bits per heavy atom. The van der Waals surface area contributed by atoms with Crippen LogP contribution in [0.3, 0.4) is 0 Å². The van der Waals surface area contributed by atoms with E-state index >= 15 is 0 Å². The number of ether oxygens (including phenoxy) is 1. The van der Waals surface area contributed by atoms with Crippen molar-refractivity contribution in [3.8, 4) is 0 Å². The van der Waals surface area contributed by atoms with Gasteiger partial charge in [0.1, 0.15) is 6.04 Å². The zero-order chi connectivity index (χ0) is 13.1. The first kappa shape index (κ1) is 13.5. The minimum atomic E-state index is -4.40. The van der Waals surface area contributed by atoms with Gasteiger partial charge in [0.25, 0.3) is 0 Å². The van der Waals surface area contributed by atoms with Crippen LogP contribution in [0.5, 0.6) is 0 Å². The van der Waals surface area contributed by atoms with Crippen LogP contribution in [0.25, 0.3) is 0 Å². The van der Waals surface area contributed by atoms with Gasteiger partial charge in [0.05, 0.1) is 12.7 Å². The number of rotatable bonds is 3. The van der Waals surface area contributed by atoms with Crippen molar-refractivity contribution in [2.75, 3.05) is 7.11 Å². The number of esters is 1. The van der Waals surface area contributed by atoms with Crippen molar-refractivity contribution in [1.29, 1.82) is 0 Å². The molecule has 0 amide bonds. The average Bonchev–Trinajstić information content (AvgIpc) is 2.27. The number of hydrogen-bond acceptors (Lipinski definition) is 3. The Hall–Kier alpha value is -1.56. The van der Waals surface area contributed by atoms with Gasteiger partial charge in [-0.1, -0.05) is 18.2 Å². The molecule has 0 radical (unpaired) electrons. The minimum Gasteiger partial charge on any atom is -0.468 e. The second-order valence-corrected chi connectivity index (χ2v) is 3.53. The number of methoxy groups -OCH3 is 1. The molecular weight excluding hydrogens is 235 g/mol. The van der Waals surface area contributed by atoms with Gasteiger partial charge in [-0.15, -0.1) is 0 Å². The zero-order valence-corrected chi connectivity index (χ0v) is 9.12. The molecule has 1 atom stereocenters. The molecule has 2 N–H and O–H groups in total. The second-order valence-electron chi connectivity index (χ2n) is 3.53. The van der Waals surface area contributed by atoms with Crippen molar-refractivity contribution < 1.29 is 22.7 Å². The molecule has 0 aromatic heterocycles. The Bertz CT molecular complexity index is 404. The van der Waals surface area contributed by atoms with Crippen LogP contribution in [0.1, 0.15) is 11.1 Å².